The van der Waals surface area contributed by atoms with Gasteiger partial charge in [-0.05, 0) is 80.9 Å². The van der Waals surface area contributed by atoms with Gasteiger partial charge in [-0.2, -0.15) is 13.2 Å². The Bertz CT molecular complexity index is 1350. The largest absolute Gasteiger partial charge is 0.493 e. The summed E-state index contributed by atoms with van der Waals surface area (Å²) in [6, 6.07) is 15.2. The molecular weight excluding hydrogens is 498 g/mol. The van der Waals surface area contributed by atoms with E-state index in [2.05, 4.69) is 9.89 Å². The average Bonchev–Trinajstić information content (AvgIpc) is 3.17. The molecule has 198 valence electrons. The molecule has 0 aliphatic carbocycles. The SMILES string of the molecule is O=C1C(=Nc2cccc(C(F)(F)F)c2)c2cc(F)ccc2N1c1cccc(OCCCN2CCCCC2)c1. The van der Waals surface area contributed by atoms with E-state index < -0.39 is 23.5 Å². The Morgan fingerprint density at radius 1 is 0.921 bits per heavy atom. The van der Waals surface area contributed by atoms with Gasteiger partial charge >= 0.3 is 6.18 Å². The number of carbonyl (C=O) groups excluding carboxylic acids is 1. The van der Waals surface area contributed by atoms with Crippen LogP contribution >= 0.6 is 0 Å². The summed E-state index contributed by atoms with van der Waals surface area (Å²) in [5, 5.41) is 0. The Morgan fingerprint density at radius 3 is 2.50 bits per heavy atom. The molecule has 0 unspecified atom stereocenters. The number of rotatable bonds is 7. The van der Waals surface area contributed by atoms with E-state index in [1.165, 1.54) is 54.5 Å². The fourth-order valence-electron chi connectivity index (χ4n) is 4.84. The number of fused-ring (bicyclic) bond motifs is 1. The van der Waals surface area contributed by atoms with Crippen LogP contribution in [0.2, 0.25) is 0 Å². The van der Waals surface area contributed by atoms with Gasteiger partial charge in [0.15, 0.2) is 0 Å². The lowest BCUT2D eigenvalue weighted by Crippen LogP contribution is -2.31. The first-order valence-electron chi connectivity index (χ1n) is 12.7. The van der Waals surface area contributed by atoms with Crippen LogP contribution in [0.1, 0.15) is 36.8 Å². The normalized spacial score (nSPS) is 17.2. The molecule has 0 saturated carbocycles. The lowest BCUT2D eigenvalue weighted by molar-refractivity contribution is -0.137. The molecular formula is C29H27F4N3O2. The summed E-state index contributed by atoms with van der Waals surface area (Å²) >= 11 is 0. The number of benzene rings is 3. The quantitative estimate of drug-likeness (QED) is 0.249. The number of piperidine rings is 1. The highest BCUT2D eigenvalue weighted by atomic mass is 19.4. The molecule has 2 heterocycles. The summed E-state index contributed by atoms with van der Waals surface area (Å²) in [5.74, 6) is -0.563. The molecule has 5 nitrogen and oxygen atoms in total. The van der Waals surface area contributed by atoms with Crippen molar-refractivity contribution >= 4 is 28.7 Å². The van der Waals surface area contributed by atoms with Crippen molar-refractivity contribution in [2.75, 3.05) is 31.1 Å². The molecule has 5 rings (SSSR count). The minimum atomic E-state index is -4.56. The third-order valence-electron chi connectivity index (χ3n) is 6.69. The van der Waals surface area contributed by atoms with Gasteiger partial charge in [-0.3, -0.25) is 9.69 Å². The van der Waals surface area contributed by atoms with Gasteiger partial charge in [0.05, 0.1) is 29.2 Å². The maximum atomic E-state index is 14.2. The summed E-state index contributed by atoms with van der Waals surface area (Å²) in [4.78, 5) is 21.5. The third kappa shape index (κ3) is 5.72. The second kappa shape index (κ2) is 10.9. The molecule has 0 N–H and O–H groups in total. The van der Waals surface area contributed by atoms with Crippen LogP contribution in [0.3, 0.4) is 0 Å². The molecule has 0 aromatic heterocycles. The minimum absolute atomic E-state index is 0.0500. The number of hydrogen-bond donors (Lipinski definition) is 0. The van der Waals surface area contributed by atoms with Crippen molar-refractivity contribution in [3.8, 4) is 5.75 Å². The monoisotopic (exact) mass is 525 g/mol. The van der Waals surface area contributed by atoms with Gasteiger partial charge in [0, 0.05) is 18.2 Å². The highest BCUT2D eigenvalue weighted by molar-refractivity contribution is 6.56. The number of carbonyl (C=O) groups is 1. The zero-order valence-electron chi connectivity index (χ0n) is 20.7. The van der Waals surface area contributed by atoms with Crippen LogP contribution in [0.4, 0.5) is 34.6 Å². The van der Waals surface area contributed by atoms with Crippen LogP contribution in [0, 0.1) is 5.82 Å². The molecule has 0 radical (unpaired) electrons. The van der Waals surface area contributed by atoms with Gasteiger partial charge in [0.1, 0.15) is 17.3 Å². The van der Waals surface area contributed by atoms with Crippen LogP contribution in [0.25, 0.3) is 0 Å². The molecule has 38 heavy (non-hydrogen) atoms. The Labute approximate surface area is 218 Å². The van der Waals surface area contributed by atoms with Crippen molar-refractivity contribution in [3.63, 3.8) is 0 Å². The van der Waals surface area contributed by atoms with Crippen LogP contribution in [0.15, 0.2) is 71.7 Å². The Morgan fingerprint density at radius 2 is 1.71 bits per heavy atom. The summed E-state index contributed by atoms with van der Waals surface area (Å²) in [7, 11) is 0. The van der Waals surface area contributed by atoms with Crippen LogP contribution in [-0.2, 0) is 11.0 Å². The van der Waals surface area contributed by atoms with Crippen molar-refractivity contribution in [2.24, 2.45) is 4.99 Å². The molecule has 0 bridgehead atoms. The molecule has 3 aromatic carbocycles. The Kier molecular flexibility index (Phi) is 7.46. The van der Waals surface area contributed by atoms with E-state index in [0.717, 1.165) is 38.2 Å². The number of alkyl halides is 3. The van der Waals surface area contributed by atoms with Gasteiger partial charge in [-0.25, -0.2) is 9.38 Å². The number of ether oxygens (including phenoxy) is 1. The van der Waals surface area contributed by atoms with Crippen molar-refractivity contribution in [3.05, 3.63) is 83.7 Å². The topological polar surface area (TPSA) is 45.1 Å². The number of hydrogen-bond acceptors (Lipinski definition) is 4. The number of amides is 1. The average molecular weight is 526 g/mol. The van der Waals surface area contributed by atoms with E-state index in [-0.39, 0.29) is 17.0 Å². The maximum Gasteiger partial charge on any atom is 0.416 e. The molecule has 9 heteroatoms. The summed E-state index contributed by atoms with van der Waals surface area (Å²) in [6.07, 6.45) is 0.0778. The van der Waals surface area contributed by atoms with E-state index in [9.17, 15) is 22.4 Å². The Hall–Kier alpha value is -3.72. The Balaban J connectivity index is 1.38. The highest BCUT2D eigenvalue weighted by Gasteiger charge is 2.36. The van der Waals surface area contributed by atoms with Gasteiger partial charge < -0.3 is 9.64 Å². The van der Waals surface area contributed by atoms with Crippen molar-refractivity contribution in [2.45, 2.75) is 31.9 Å². The number of anilines is 2. The van der Waals surface area contributed by atoms with Crippen LogP contribution < -0.4 is 9.64 Å². The first-order valence-corrected chi connectivity index (χ1v) is 12.7. The van der Waals surface area contributed by atoms with E-state index in [1.807, 2.05) is 0 Å². The summed E-state index contributed by atoms with van der Waals surface area (Å²) < 4.78 is 59.7. The fraction of sp³-hybridized carbons (Fsp3) is 0.310. The van der Waals surface area contributed by atoms with Gasteiger partial charge in [0.25, 0.3) is 5.91 Å². The smallest absolute Gasteiger partial charge is 0.416 e. The van der Waals surface area contributed by atoms with E-state index >= 15 is 0 Å². The number of nitrogens with zero attached hydrogens (tertiary/aromatic N) is 3. The predicted octanol–water partition coefficient (Wildman–Crippen LogP) is 6.90. The number of likely N-dealkylation sites (tertiary alicyclic amines) is 1. The lowest BCUT2D eigenvalue weighted by atomic mass is 10.1. The standard InChI is InChI=1S/C29H27F4N3O2/c30-21-11-12-26-25(18-21)27(34-22-8-4-7-20(17-22)29(31,32)33)28(37)36(26)23-9-5-10-24(19-23)38-16-6-15-35-13-2-1-3-14-35/h4-5,7-12,17-19H,1-3,6,13-16H2. The van der Waals surface area contributed by atoms with E-state index in [1.54, 1.807) is 24.3 Å². The molecule has 0 atom stereocenters. The predicted molar refractivity (Wildman–Crippen MR) is 138 cm³/mol. The zero-order chi connectivity index (χ0) is 26.7. The summed E-state index contributed by atoms with van der Waals surface area (Å²) in [6.45, 7) is 3.74. The van der Waals surface area contributed by atoms with Crippen molar-refractivity contribution in [1.82, 2.24) is 4.90 Å². The number of aliphatic imine (C=N–C) groups is 1. The maximum absolute atomic E-state index is 14.2. The first kappa shape index (κ1) is 25.9. The third-order valence-corrected chi connectivity index (χ3v) is 6.69. The first-order chi connectivity index (χ1) is 18.3. The van der Waals surface area contributed by atoms with Crippen LogP contribution in [-0.4, -0.2) is 42.8 Å². The molecule has 3 aromatic rings. The van der Waals surface area contributed by atoms with E-state index in [4.69, 9.17) is 4.74 Å². The second-order valence-electron chi connectivity index (χ2n) is 9.41. The molecule has 2 aliphatic heterocycles. The van der Waals surface area contributed by atoms with Crippen molar-refractivity contribution < 1.29 is 27.1 Å². The molecule has 1 saturated heterocycles. The highest BCUT2D eigenvalue weighted by Crippen LogP contribution is 2.39. The molecule has 2 aliphatic rings. The van der Waals surface area contributed by atoms with Gasteiger partial charge in [-0.15, -0.1) is 0 Å². The number of halogens is 4. The van der Waals surface area contributed by atoms with Gasteiger partial charge in [0.2, 0.25) is 0 Å². The van der Waals surface area contributed by atoms with Crippen molar-refractivity contribution in [1.29, 1.82) is 0 Å². The molecule has 1 fully saturated rings. The molecule has 0 spiro atoms. The lowest BCUT2D eigenvalue weighted by Gasteiger charge is -2.26. The minimum Gasteiger partial charge on any atom is -0.493 e. The van der Waals surface area contributed by atoms with Gasteiger partial charge in [-0.1, -0.05) is 18.6 Å². The summed E-state index contributed by atoms with van der Waals surface area (Å²) in [5.41, 5.74) is 0.0271. The fourth-order valence-corrected chi connectivity index (χ4v) is 4.84. The zero-order valence-corrected chi connectivity index (χ0v) is 20.7. The van der Waals surface area contributed by atoms with E-state index in [0.29, 0.717) is 23.7 Å². The second-order valence-corrected chi connectivity index (χ2v) is 9.41. The van der Waals surface area contributed by atoms with Crippen LogP contribution in [0.5, 0.6) is 5.75 Å². The molecule has 1 amide bonds.